The maximum Gasteiger partial charge on any atom is 0.435 e. The second kappa shape index (κ2) is 9.79. The van der Waals surface area contributed by atoms with Crippen LogP contribution < -0.4 is 5.32 Å². The number of ketones is 1. The molecule has 1 amide bonds. The van der Waals surface area contributed by atoms with E-state index in [1.165, 1.54) is 44.9 Å². The van der Waals surface area contributed by atoms with E-state index in [2.05, 4.69) is 31.2 Å². The average Bonchev–Trinajstić information content (AvgIpc) is 3.20. The first-order valence-electron chi connectivity index (χ1n) is 14.4. The Morgan fingerprint density at radius 3 is 2.63 bits per heavy atom. The predicted molar refractivity (Wildman–Crippen MR) is 138 cm³/mol. The molecule has 0 aromatic rings. The number of hydrogen-bond donors (Lipinski definition) is 1. The molecule has 5 aliphatic rings. The van der Waals surface area contributed by atoms with Gasteiger partial charge < -0.3 is 10.2 Å². The molecule has 0 aromatic heterocycles. The Labute approximate surface area is 212 Å². The van der Waals surface area contributed by atoms with Crippen LogP contribution >= 0.6 is 0 Å². The lowest BCUT2D eigenvalue weighted by atomic mass is 9.44. The van der Waals surface area contributed by atoms with Crippen molar-refractivity contribution in [2.75, 3.05) is 20.1 Å². The molecule has 4 saturated carbocycles. The first-order valence-corrected chi connectivity index (χ1v) is 14.4. The molecule has 6 nitrogen and oxygen atoms in total. The van der Waals surface area contributed by atoms with Gasteiger partial charge in [0.25, 0.3) is 0 Å². The molecular formula is C29H47N3O3. The third-order valence-electron chi connectivity index (χ3n) is 11.5. The molecule has 5 rings (SSSR count). The lowest BCUT2D eigenvalue weighted by molar-refractivity contribution is -0.138. The Morgan fingerprint density at radius 1 is 1.06 bits per heavy atom. The number of hydrogen-bond acceptors (Lipinski definition) is 5. The molecule has 1 saturated heterocycles. The summed E-state index contributed by atoms with van der Waals surface area (Å²) in [5.41, 5.74) is 1.59. The number of carbonyl (C=O) groups is 2. The van der Waals surface area contributed by atoms with Crippen LogP contribution in [0.25, 0.3) is 0 Å². The molecule has 8 atom stereocenters. The maximum absolute atomic E-state index is 12.6. The Balaban J connectivity index is 1.22. The zero-order valence-corrected chi connectivity index (χ0v) is 22.5. The molecule has 6 heteroatoms. The van der Waals surface area contributed by atoms with E-state index in [9.17, 15) is 9.59 Å². The van der Waals surface area contributed by atoms with Crippen molar-refractivity contribution in [2.24, 2.45) is 45.6 Å². The van der Waals surface area contributed by atoms with Gasteiger partial charge in [-0.3, -0.25) is 9.63 Å². The molecule has 1 N–H and O–H groups in total. The smallest absolute Gasteiger partial charge is 0.312 e. The molecule has 1 aliphatic heterocycles. The summed E-state index contributed by atoms with van der Waals surface area (Å²) in [7, 11) is 1.81. The number of nitrogens with one attached hydrogen (secondary N) is 1. The lowest BCUT2D eigenvalue weighted by Crippen LogP contribution is -2.53. The number of nitrogens with zero attached hydrogens (tertiary/aromatic N) is 2. The van der Waals surface area contributed by atoms with E-state index in [4.69, 9.17) is 4.84 Å². The Kier molecular flexibility index (Phi) is 7.06. The minimum atomic E-state index is -0.349. The van der Waals surface area contributed by atoms with Crippen LogP contribution in [0.5, 0.6) is 0 Å². The second-order valence-corrected chi connectivity index (χ2v) is 13.2. The highest BCUT2D eigenvalue weighted by molar-refractivity contribution is 5.85. The normalized spacial score (nSPS) is 43.7. The number of fused-ring (bicyclic) bond motifs is 5. The number of amides is 1. The average molecular weight is 486 g/mol. The monoisotopic (exact) mass is 485 g/mol. The summed E-state index contributed by atoms with van der Waals surface area (Å²) in [6, 6.07) is 0.357. The molecule has 35 heavy (non-hydrogen) atoms. The number of rotatable bonds is 4. The molecular weight excluding hydrogens is 438 g/mol. The molecule has 1 heterocycles. The van der Waals surface area contributed by atoms with E-state index in [0.717, 1.165) is 62.1 Å². The minimum Gasteiger partial charge on any atom is -0.312 e. The van der Waals surface area contributed by atoms with Gasteiger partial charge in [-0.1, -0.05) is 25.4 Å². The van der Waals surface area contributed by atoms with Gasteiger partial charge in [0.05, 0.1) is 5.71 Å². The SMILES string of the molecule is C/C(=N\OC(=O)N(C)CC1CCCCN1)[C@H]1CC[C@H]2[C@@H]3CC[C@H]4CC(=O)CC[C@]4(C)[C@H]3CC[C@]12C. The van der Waals surface area contributed by atoms with E-state index in [1.54, 1.807) is 4.90 Å². The molecule has 0 spiro atoms. The zero-order valence-electron chi connectivity index (χ0n) is 22.5. The highest BCUT2D eigenvalue weighted by atomic mass is 16.7. The zero-order chi connectivity index (χ0) is 24.8. The number of carbonyl (C=O) groups excluding carboxylic acids is 2. The Hall–Kier alpha value is -1.43. The van der Waals surface area contributed by atoms with Crippen LogP contribution in [0.15, 0.2) is 5.16 Å². The van der Waals surface area contributed by atoms with Gasteiger partial charge in [0.1, 0.15) is 5.78 Å². The van der Waals surface area contributed by atoms with Crippen LogP contribution in [0.1, 0.15) is 97.8 Å². The van der Waals surface area contributed by atoms with E-state index in [0.29, 0.717) is 35.6 Å². The summed E-state index contributed by atoms with van der Waals surface area (Å²) in [6.07, 6.45) is 13.4. The molecule has 196 valence electrons. The fourth-order valence-electron chi connectivity index (χ4n) is 9.46. The van der Waals surface area contributed by atoms with Crippen molar-refractivity contribution in [2.45, 2.75) is 104 Å². The molecule has 1 unspecified atom stereocenters. The van der Waals surface area contributed by atoms with Crippen LogP contribution in [-0.4, -0.2) is 48.7 Å². The first-order chi connectivity index (χ1) is 16.7. The largest absolute Gasteiger partial charge is 0.435 e. The van der Waals surface area contributed by atoms with Crippen molar-refractivity contribution in [3.05, 3.63) is 0 Å². The fraction of sp³-hybridized carbons (Fsp3) is 0.897. The number of oxime groups is 1. The van der Waals surface area contributed by atoms with Gasteiger partial charge >= 0.3 is 6.09 Å². The van der Waals surface area contributed by atoms with Crippen LogP contribution in [0.4, 0.5) is 4.79 Å². The maximum atomic E-state index is 12.6. The van der Waals surface area contributed by atoms with Crippen LogP contribution in [-0.2, 0) is 9.63 Å². The molecule has 0 aromatic carbocycles. The van der Waals surface area contributed by atoms with Gasteiger partial charge in [0.15, 0.2) is 0 Å². The summed E-state index contributed by atoms with van der Waals surface area (Å²) in [5.74, 6) is 3.76. The predicted octanol–water partition coefficient (Wildman–Crippen LogP) is 5.80. The van der Waals surface area contributed by atoms with Crippen molar-refractivity contribution in [3.63, 3.8) is 0 Å². The van der Waals surface area contributed by atoms with Crippen molar-refractivity contribution in [1.82, 2.24) is 10.2 Å². The molecule has 4 aliphatic carbocycles. The number of likely N-dealkylation sites (N-methyl/N-ethyl adjacent to an activating group) is 1. The summed E-state index contributed by atoms with van der Waals surface area (Å²) < 4.78 is 0. The Bertz CT molecular complexity index is 852. The van der Waals surface area contributed by atoms with Crippen molar-refractivity contribution in [3.8, 4) is 0 Å². The van der Waals surface area contributed by atoms with Gasteiger partial charge in [-0.25, -0.2) is 4.79 Å². The topological polar surface area (TPSA) is 71.0 Å². The number of piperidine rings is 1. The summed E-state index contributed by atoms with van der Waals surface area (Å²) in [5, 5.41) is 7.91. The highest BCUT2D eigenvalue weighted by Gasteiger charge is 2.60. The van der Waals surface area contributed by atoms with E-state index >= 15 is 0 Å². The van der Waals surface area contributed by atoms with Gasteiger partial charge in [-0.15, -0.1) is 0 Å². The summed E-state index contributed by atoms with van der Waals surface area (Å²) in [6.45, 7) is 8.79. The van der Waals surface area contributed by atoms with E-state index in [-0.39, 0.29) is 11.5 Å². The van der Waals surface area contributed by atoms with Crippen LogP contribution in [0.2, 0.25) is 0 Å². The minimum absolute atomic E-state index is 0.243. The van der Waals surface area contributed by atoms with E-state index in [1.807, 2.05) is 7.05 Å². The Morgan fingerprint density at radius 2 is 1.86 bits per heavy atom. The van der Waals surface area contributed by atoms with Crippen LogP contribution in [0, 0.1) is 40.4 Å². The second-order valence-electron chi connectivity index (χ2n) is 13.2. The van der Waals surface area contributed by atoms with Gasteiger partial charge in [-0.2, -0.15) is 0 Å². The molecule has 0 radical (unpaired) electrons. The van der Waals surface area contributed by atoms with Crippen molar-refractivity contribution >= 4 is 17.6 Å². The molecule has 0 bridgehead atoms. The van der Waals surface area contributed by atoms with Crippen LogP contribution in [0.3, 0.4) is 0 Å². The quantitative estimate of drug-likeness (QED) is 0.310. The molecule has 5 fully saturated rings. The van der Waals surface area contributed by atoms with E-state index < -0.39 is 0 Å². The summed E-state index contributed by atoms with van der Waals surface area (Å²) >= 11 is 0. The van der Waals surface area contributed by atoms with Crippen molar-refractivity contribution < 1.29 is 14.4 Å². The van der Waals surface area contributed by atoms with Gasteiger partial charge in [-0.05, 0) is 106 Å². The summed E-state index contributed by atoms with van der Waals surface area (Å²) in [4.78, 5) is 31.9. The highest BCUT2D eigenvalue weighted by Crippen LogP contribution is 2.67. The standard InChI is InChI=1S/C29H47N3O3/c1-19(31-35-27(34)32(4)18-21-7-5-6-16-30-21)24-10-11-25-23-9-8-20-17-22(33)12-14-28(20,2)26(23)13-15-29(24,25)3/h20-21,23-26,30H,5-18H2,1-4H3/b31-19+/t20-,21?,23-,24+,25-,26-,28-,29+/m0/s1. The fourth-order valence-corrected chi connectivity index (χ4v) is 9.46. The lowest BCUT2D eigenvalue weighted by Gasteiger charge is -2.60. The third kappa shape index (κ3) is 4.57. The number of Topliss-reactive ketones (excluding diaryl/α,β-unsaturated/α-hetero) is 1. The third-order valence-corrected chi connectivity index (χ3v) is 11.5. The van der Waals surface area contributed by atoms with Gasteiger partial charge in [0.2, 0.25) is 0 Å². The van der Waals surface area contributed by atoms with Crippen molar-refractivity contribution in [1.29, 1.82) is 0 Å². The first kappa shape index (κ1) is 25.2. The van der Waals surface area contributed by atoms with Gasteiger partial charge in [0, 0.05) is 38.4 Å².